The Hall–Kier alpha value is -1.63. The molecule has 0 aliphatic rings. The highest BCUT2D eigenvalue weighted by Crippen LogP contribution is 2.34. The van der Waals surface area contributed by atoms with Crippen LogP contribution >= 0.6 is 0 Å². The van der Waals surface area contributed by atoms with Crippen LogP contribution in [0.2, 0.25) is 0 Å². The fourth-order valence-electron chi connectivity index (χ4n) is 2.75. The molecule has 0 saturated carbocycles. The molecule has 2 rings (SSSR count). The number of carbonyl (C=O) groups excluding carboxylic acids is 1. The molecule has 0 fully saturated rings. The Labute approximate surface area is 122 Å². The summed E-state index contributed by atoms with van der Waals surface area (Å²) in [5.41, 5.74) is 3.36. The van der Waals surface area contributed by atoms with E-state index in [1.807, 2.05) is 6.07 Å². The molecule has 0 radical (unpaired) electrons. The van der Waals surface area contributed by atoms with Gasteiger partial charge >= 0.3 is 0 Å². The third-order valence-corrected chi connectivity index (χ3v) is 3.80. The molecule has 1 nitrogen and oxygen atoms in total. The maximum Gasteiger partial charge on any atom is 0.150 e. The summed E-state index contributed by atoms with van der Waals surface area (Å²) in [6.45, 7) is 13.1. The number of carbonyl (C=O) groups is 1. The highest BCUT2D eigenvalue weighted by atomic mass is 16.1. The number of aldehydes is 1. The van der Waals surface area contributed by atoms with E-state index in [4.69, 9.17) is 0 Å². The van der Waals surface area contributed by atoms with Crippen molar-refractivity contribution in [2.75, 3.05) is 0 Å². The van der Waals surface area contributed by atoms with Crippen molar-refractivity contribution in [3.05, 3.63) is 47.0 Å². The van der Waals surface area contributed by atoms with Crippen molar-refractivity contribution < 1.29 is 4.79 Å². The molecule has 0 N–H and O–H groups in total. The highest BCUT2D eigenvalue weighted by Gasteiger charge is 2.22. The average Bonchev–Trinajstić information content (AvgIpc) is 2.34. The van der Waals surface area contributed by atoms with E-state index < -0.39 is 0 Å². The van der Waals surface area contributed by atoms with Crippen LogP contribution in [-0.4, -0.2) is 6.29 Å². The van der Waals surface area contributed by atoms with E-state index in [1.54, 1.807) is 0 Å². The van der Waals surface area contributed by atoms with Gasteiger partial charge in [-0.15, -0.1) is 0 Å². The van der Waals surface area contributed by atoms with Crippen molar-refractivity contribution >= 4 is 17.1 Å². The van der Waals surface area contributed by atoms with Crippen LogP contribution in [0.1, 0.15) is 63.0 Å². The van der Waals surface area contributed by atoms with Crippen molar-refractivity contribution in [3.8, 4) is 0 Å². The number of hydrogen-bond acceptors (Lipinski definition) is 1. The molecule has 0 bridgehead atoms. The molecule has 0 heterocycles. The fourth-order valence-corrected chi connectivity index (χ4v) is 2.75. The molecule has 0 unspecified atom stereocenters. The van der Waals surface area contributed by atoms with Crippen molar-refractivity contribution in [2.24, 2.45) is 0 Å². The fraction of sp³-hybridized carbons (Fsp3) is 0.421. The normalized spacial score (nSPS) is 12.7. The summed E-state index contributed by atoms with van der Waals surface area (Å²) in [6, 6.07) is 10.6. The number of hydrogen-bond donors (Lipinski definition) is 0. The van der Waals surface area contributed by atoms with Gasteiger partial charge in [-0.2, -0.15) is 0 Å². The second kappa shape index (κ2) is 4.73. The Kier molecular flexibility index (Phi) is 3.49. The highest BCUT2D eigenvalue weighted by molar-refractivity contribution is 5.94. The monoisotopic (exact) mass is 268 g/mol. The van der Waals surface area contributed by atoms with Gasteiger partial charge in [-0.3, -0.25) is 4.79 Å². The zero-order chi connectivity index (χ0) is 15.1. The molecular weight excluding hydrogens is 244 g/mol. The van der Waals surface area contributed by atoms with Crippen molar-refractivity contribution in [2.45, 2.75) is 52.4 Å². The lowest BCUT2D eigenvalue weighted by molar-refractivity contribution is 0.112. The van der Waals surface area contributed by atoms with E-state index in [0.29, 0.717) is 0 Å². The quantitative estimate of drug-likeness (QED) is 0.646. The van der Waals surface area contributed by atoms with Crippen LogP contribution in [0.5, 0.6) is 0 Å². The molecule has 0 aliphatic carbocycles. The molecule has 0 saturated heterocycles. The Morgan fingerprint density at radius 1 is 0.850 bits per heavy atom. The van der Waals surface area contributed by atoms with Gasteiger partial charge in [0.05, 0.1) is 0 Å². The third kappa shape index (κ3) is 2.63. The standard InChI is InChI=1S/C19H24O/c1-18(2,3)15-9-10-16-13(11-15)7-8-14(12-20)17(16)19(4,5)6/h7-12H,1-6H3. The lowest BCUT2D eigenvalue weighted by Crippen LogP contribution is -2.15. The van der Waals surface area contributed by atoms with E-state index in [0.717, 1.165) is 17.4 Å². The predicted molar refractivity (Wildman–Crippen MR) is 86.7 cm³/mol. The van der Waals surface area contributed by atoms with Gasteiger partial charge < -0.3 is 0 Å². The maximum absolute atomic E-state index is 11.3. The summed E-state index contributed by atoms with van der Waals surface area (Å²) >= 11 is 0. The van der Waals surface area contributed by atoms with Crippen LogP contribution in [0.25, 0.3) is 10.8 Å². The van der Waals surface area contributed by atoms with Crippen molar-refractivity contribution in [1.29, 1.82) is 0 Å². The van der Waals surface area contributed by atoms with Gasteiger partial charge in [-0.05, 0) is 32.7 Å². The molecule has 0 aromatic heterocycles. The van der Waals surface area contributed by atoms with E-state index >= 15 is 0 Å². The molecule has 2 aromatic carbocycles. The Morgan fingerprint density at radius 3 is 2.00 bits per heavy atom. The number of rotatable bonds is 1. The van der Waals surface area contributed by atoms with E-state index in [9.17, 15) is 4.79 Å². The van der Waals surface area contributed by atoms with Crippen LogP contribution in [-0.2, 0) is 10.8 Å². The largest absolute Gasteiger partial charge is 0.298 e. The Morgan fingerprint density at radius 2 is 1.50 bits per heavy atom. The van der Waals surface area contributed by atoms with Crippen LogP contribution in [0.15, 0.2) is 30.3 Å². The first-order valence-corrected chi connectivity index (χ1v) is 7.17. The maximum atomic E-state index is 11.3. The number of fused-ring (bicyclic) bond motifs is 1. The van der Waals surface area contributed by atoms with Crippen molar-refractivity contribution in [1.82, 2.24) is 0 Å². The summed E-state index contributed by atoms with van der Waals surface area (Å²) in [5.74, 6) is 0. The van der Waals surface area contributed by atoms with Crippen LogP contribution in [0.3, 0.4) is 0 Å². The number of benzene rings is 2. The minimum Gasteiger partial charge on any atom is -0.298 e. The summed E-state index contributed by atoms with van der Waals surface area (Å²) < 4.78 is 0. The molecule has 0 amide bonds. The van der Waals surface area contributed by atoms with Gasteiger partial charge in [0.15, 0.2) is 0 Å². The first kappa shape index (κ1) is 14.8. The molecular formula is C19H24O. The topological polar surface area (TPSA) is 17.1 Å². The third-order valence-electron chi connectivity index (χ3n) is 3.80. The van der Waals surface area contributed by atoms with Gasteiger partial charge in [0.2, 0.25) is 0 Å². The van der Waals surface area contributed by atoms with E-state index in [2.05, 4.69) is 65.8 Å². The minimum atomic E-state index is -0.0427. The SMILES string of the molecule is CC(C)(C)c1ccc2c(C(C)(C)C)c(C=O)ccc2c1. The lowest BCUT2D eigenvalue weighted by atomic mass is 9.79. The molecule has 2 aromatic rings. The first-order chi connectivity index (χ1) is 9.14. The summed E-state index contributed by atoms with van der Waals surface area (Å²) in [7, 11) is 0. The molecule has 1 heteroatoms. The molecule has 0 atom stereocenters. The Bertz CT molecular complexity index is 652. The molecule has 106 valence electrons. The van der Waals surface area contributed by atoms with Gasteiger partial charge in [0, 0.05) is 5.56 Å². The van der Waals surface area contributed by atoms with Crippen LogP contribution < -0.4 is 0 Å². The summed E-state index contributed by atoms with van der Waals surface area (Å²) in [4.78, 5) is 11.3. The first-order valence-electron chi connectivity index (χ1n) is 7.17. The molecule has 0 spiro atoms. The van der Waals surface area contributed by atoms with E-state index in [-0.39, 0.29) is 10.8 Å². The second-order valence-corrected chi connectivity index (χ2v) is 7.58. The Balaban J connectivity index is 2.80. The van der Waals surface area contributed by atoms with E-state index in [1.165, 1.54) is 16.3 Å². The predicted octanol–water partition coefficient (Wildman–Crippen LogP) is 5.25. The zero-order valence-corrected chi connectivity index (χ0v) is 13.4. The second-order valence-electron chi connectivity index (χ2n) is 7.58. The van der Waals surface area contributed by atoms with Crippen molar-refractivity contribution in [3.63, 3.8) is 0 Å². The van der Waals surface area contributed by atoms with Gasteiger partial charge in [0.1, 0.15) is 6.29 Å². The van der Waals surface area contributed by atoms with Crippen LogP contribution in [0, 0.1) is 0 Å². The molecule has 0 aliphatic heterocycles. The average molecular weight is 268 g/mol. The summed E-state index contributed by atoms with van der Waals surface area (Å²) in [6.07, 6.45) is 0.970. The smallest absolute Gasteiger partial charge is 0.150 e. The lowest BCUT2D eigenvalue weighted by Gasteiger charge is -2.25. The molecule has 20 heavy (non-hydrogen) atoms. The zero-order valence-electron chi connectivity index (χ0n) is 13.4. The van der Waals surface area contributed by atoms with Gasteiger partial charge in [-0.1, -0.05) is 71.9 Å². The summed E-state index contributed by atoms with van der Waals surface area (Å²) in [5, 5.41) is 2.41. The minimum absolute atomic E-state index is 0.0427. The van der Waals surface area contributed by atoms with Gasteiger partial charge in [0.25, 0.3) is 0 Å². The van der Waals surface area contributed by atoms with Crippen LogP contribution in [0.4, 0.5) is 0 Å². The van der Waals surface area contributed by atoms with Gasteiger partial charge in [-0.25, -0.2) is 0 Å².